The van der Waals surface area contributed by atoms with Gasteiger partial charge in [0.2, 0.25) is 11.8 Å². The standard InChI is InChI=1S/C27H28N4O4/c32-26(28-18-5-1-2-6-18)16-9-11-20-22(13-16)34-24(30-20)15-25-31-21-12-10-17(14-23(21)35-25)27(33)29-19-7-3-4-8-19/h9-14,18-19H,1-8,15H2,(H,28,32)(H,29,33). The Morgan fingerprint density at radius 3 is 1.57 bits per heavy atom. The van der Waals surface area contributed by atoms with E-state index >= 15 is 0 Å². The van der Waals surface area contributed by atoms with Crippen molar-refractivity contribution >= 4 is 34.0 Å². The van der Waals surface area contributed by atoms with Crippen LogP contribution in [0.4, 0.5) is 0 Å². The topological polar surface area (TPSA) is 110 Å². The van der Waals surface area contributed by atoms with Gasteiger partial charge in [0.15, 0.2) is 11.2 Å². The van der Waals surface area contributed by atoms with Crippen LogP contribution in [0.1, 0.15) is 83.9 Å². The first kappa shape index (κ1) is 21.8. The number of fused-ring (bicyclic) bond motifs is 2. The molecule has 0 saturated heterocycles. The summed E-state index contributed by atoms with van der Waals surface area (Å²) in [6.45, 7) is 0. The van der Waals surface area contributed by atoms with E-state index < -0.39 is 0 Å². The van der Waals surface area contributed by atoms with E-state index in [0.29, 0.717) is 45.1 Å². The molecule has 0 radical (unpaired) electrons. The average Bonchev–Trinajstić information content (AvgIpc) is 3.65. The van der Waals surface area contributed by atoms with Crippen molar-refractivity contribution in [1.82, 2.24) is 20.6 Å². The number of hydrogen-bond acceptors (Lipinski definition) is 6. The molecule has 2 N–H and O–H groups in total. The number of rotatable bonds is 6. The van der Waals surface area contributed by atoms with Gasteiger partial charge < -0.3 is 19.5 Å². The SMILES string of the molecule is O=C(NC1CCCC1)c1ccc2nc(Cc3nc4ccc(C(=O)NC5CCCC5)cc4o3)oc2c1. The summed E-state index contributed by atoms with van der Waals surface area (Å²) in [6, 6.07) is 11.1. The molecule has 0 aliphatic heterocycles. The van der Waals surface area contributed by atoms with Crippen molar-refractivity contribution in [2.45, 2.75) is 69.9 Å². The van der Waals surface area contributed by atoms with Crippen LogP contribution in [0.25, 0.3) is 22.2 Å². The van der Waals surface area contributed by atoms with Gasteiger partial charge in [-0.1, -0.05) is 25.7 Å². The Bertz CT molecular complexity index is 1290. The number of nitrogens with one attached hydrogen (secondary N) is 2. The minimum atomic E-state index is -0.0801. The fraction of sp³-hybridized carbons (Fsp3) is 0.407. The zero-order valence-electron chi connectivity index (χ0n) is 19.5. The number of oxazole rings is 2. The van der Waals surface area contributed by atoms with Gasteiger partial charge in [-0.05, 0) is 62.1 Å². The van der Waals surface area contributed by atoms with E-state index in [-0.39, 0.29) is 30.3 Å². The summed E-state index contributed by atoms with van der Waals surface area (Å²) in [5.41, 5.74) is 3.61. The maximum absolute atomic E-state index is 12.6. The third kappa shape index (κ3) is 4.65. The minimum absolute atomic E-state index is 0.0801. The highest BCUT2D eigenvalue weighted by Gasteiger charge is 2.20. The van der Waals surface area contributed by atoms with Crippen LogP contribution in [0, 0.1) is 0 Å². The average molecular weight is 473 g/mol. The molecule has 0 spiro atoms. The molecule has 6 rings (SSSR count). The van der Waals surface area contributed by atoms with Crippen LogP contribution in [-0.4, -0.2) is 33.9 Å². The quantitative estimate of drug-likeness (QED) is 0.413. The Balaban J connectivity index is 1.16. The molecule has 2 fully saturated rings. The third-order valence-corrected chi connectivity index (χ3v) is 7.07. The first-order valence-corrected chi connectivity index (χ1v) is 12.5. The predicted octanol–water partition coefficient (Wildman–Crippen LogP) is 4.90. The number of hydrogen-bond donors (Lipinski definition) is 2. The highest BCUT2D eigenvalue weighted by Crippen LogP contribution is 2.24. The Kier molecular flexibility index (Phi) is 5.72. The number of carbonyl (C=O) groups is 2. The largest absolute Gasteiger partial charge is 0.440 e. The Morgan fingerprint density at radius 2 is 1.14 bits per heavy atom. The Labute approximate surface area is 202 Å². The van der Waals surface area contributed by atoms with Gasteiger partial charge in [0, 0.05) is 23.2 Å². The van der Waals surface area contributed by atoms with Crippen molar-refractivity contribution in [3.05, 3.63) is 59.3 Å². The van der Waals surface area contributed by atoms with Crippen molar-refractivity contribution in [3.8, 4) is 0 Å². The highest BCUT2D eigenvalue weighted by molar-refractivity contribution is 5.98. The number of nitrogens with zero attached hydrogens (tertiary/aromatic N) is 2. The maximum atomic E-state index is 12.6. The second kappa shape index (κ2) is 9.17. The lowest BCUT2D eigenvalue weighted by Crippen LogP contribution is -2.32. The normalized spacial score (nSPS) is 16.9. The monoisotopic (exact) mass is 472 g/mol. The molecule has 0 atom stereocenters. The van der Waals surface area contributed by atoms with E-state index in [9.17, 15) is 9.59 Å². The van der Waals surface area contributed by atoms with Crippen LogP contribution in [0.5, 0.6) is 0 Å². The zero-order chi connectivity index (χ0) is 23.8. The van der Waals surface area contributed by atoms with Crippen molar-refractivity contribution in [2.75, 3.05) is 0 Å². The van der Waals surface area contributed by atoms with Crippen LogP contribution in [0.2, 0.25) is 0 Å². The van der Waals surface area contributed by atoms with Gasteiger partial charge in [-0.3, -0.25) is 9.59 Å². The Morgan fingerprint density at radius 1 is 0.714 bits per heavy atom. The lowest BCUT2D eigenvalue weighted by atomic mass is 10.1. The van der Waals surface area contributed by atoms with Gasteiger partial charge in [0.25, 0.3) is 11.8 Å². The van der Waals surface area contributed by atoms with Crippen molar-refractivity contribution in [2.24, 2.45) is 0 Å². The van der Waals surface area contributed by atoms with Gasteiger partial charge >= 0.3 is 0 Å². The van der Waals surface area contributed by atoms with Crippen LogP contribution >= 0.6 is 0 Å². The molecular weight excluding hydrogens is 444 g/mol. The lowest BCUT2D eigenvalue weighted by Gasteiger charge is -2.11. The van der Waals surface area contributed by atoms with Crippen LogP contribution in [0.15, 0.2) is 45.2 Å². The highest BCUT2D eigenvalue weighted by atomic mass is 16.4. The summed E-state index contributed by atoms with van der Waals surface area (Å²) < 4.78 is 11.8. The second-order valence-electron chi connectivity index (χ2n) is 9.67. The number of amides is 2. The van der Waals surface area contributed by atoms with Crippen LogP contribution in [0.3, 0.4) is 0 Å². The van der Waals surface area contributed by atoms with E-state index in [1.807, 2.05) is 0 Å². The van der Waals surface area contributed by atoms with Gasteiger partial charge in [0.1, 0.15) is 17.5 Å². The number of carbonyl (C=O) groups excluding carboxylic acids is 2. The van der Waals surface area contributed by atoms with E-state index in [1.54, 1.807) is 36.4 Å². The third-order valence-electron chi connectivity index (χ3n) is 7.07. The van der Waals surface area contributed by atoms with Gasteiger partial charge in [-0.25, -0.2) is 9.97 Å². The molecule has 2 aliphatic rings. The minimum Gasteiger partial charge on any atom is -0.440 e. The van der Waals surface area contributed by atoms with Crippen LogP contribution < -0.4 is 10.6 Å². The maximum Gasteiger partial charge on any atom is 0.251 e. The van der Waals surface area contributed by atoms with Crippen molar-refractivity contribution in [1.29, 1.82) is 0 Å². The molecule has 2 aliphatic carbocycles. The van der Waals surface area contributed by atoms with E-state index in [2.05, 4.69) is 20.6 Å². The second-order valence-corrected chi connectivity index (χ2v) is 9.67. The van der Waals surface area contributed by atoms with E-state index in [4.69, 9.17) is 8.83 Å². The van der Waals surface area contributed by atoms with Gasteiger partial charge in [0.05, 0.1) is 0 Å². The first-order chi connectivity index (χ1) is 17.1. The summed E-state index contributed by atoms with van der Waals surface area (Å²) in [5.74, 6) is 0.755. The molecule has 180 valence electrons. The number of benzene rings is 2. The molecular formula is C27H28N4O4. The molecule has 2 amide bonds. The molecule has 0 unspecified atom stereocenters. The van der Waals surface area contributed by atoms with Crippen LogP contribution in [-0.2, 0) is 6.42 Å². The summed E-state index contributed by atoms with van der Waals surface area (Å²) in [7, 11) is 0. The zero-order valence-corrected chi connectivity index (χ0v) is 19.5. The molecule has 2 heterocycles. The predicted molar refractivity (Wildman–Crippen MR) is 130 cm³/mol. The molecule has 0 bridgehead atoms. The van der Waals surface area contributed by atoms with Crippen molar-refractivity contribution in [3.63, 3.8) is 0 Å². The summed E-state index contributed by atoms with van der Waals surface area (Å²) in [4.78, 5) is 34.2. The number of aromatic nitrogens is 2. The van der Waals surface area contributed by atoms with Gasteiger partial charge in [-0.15, -0.1) is 0 Å². The molecule has 35 heavy (non-hydrogen) atoms. The fourth-order valence-electron chi connectivity index (χ4n) is 5.19. The summed E-state index contributed by atoms with van der Waals surface area (Å²) >= 11 is 0. The Hall–Kier alpha value is -3.68. The van der Waals surface area contributed by atoms with E-state index in [0.717, 1.165) is 25.7 Å². The summed E-state index contributed by atoms with van der Waals surface area (Å²) in [6.07, 6.45) is 9.10. The first-order valence-electron chi connectivity index (χ1n) is 12.5. The lowest BCUT2D eigenvalue weighted by molar-refractivity contribution is 0.0929. The molecule has 2 aromatic heterocycles. The van der Waals surface area contributed by atoms with Crippen molar-refractivity contribution < 1.29 is 18.4 Å². The molecule has 8 nitrogen and oxygen atoms in total. The molecule has 2 saturated carbocycles. The molecule has 2 aromatic carbocycles. The van der Waals surface area contributed by atoms with E-state index in [1.165, 1.54) is 25.7 Å². The smallest absolute Gasteiger partial charge is 0.251 e. The fourth-order valence-corrected chi connectivity index (χ4v) is 5.19. The van der Waals surface area contributed by atoms with Gasteiger partial charge in [-0.2, -0.15) is 0 Å². The molecule has 4 aromatic rings. The molecule has 8 heteroatoms. The summed E-state index contributed by atoms with van der Waals surface area (Å²) in [5, 5.41) is 6.20.